The summed E-state index contributed by atoms with van der Waals surface area (Å²) in [6, 6.07) is 33.4. The topological polar surface area (TPSA) is 109 Å². The zero-order valence-corrected chi connectivity index (χ0v) is 26.5. The van der Waals surface area contributed by atoms with Crippen LogP contribution in [0.5, 0.6) is 5.75 Å². The summed E-state index contributed by atoms with van der Waals surface area (Å²) in [5.41, 5.74) is 2.37. The van der Waals surface area contributed by atoms with Crippen molar-refractivity contribution in [3.8, 4) is 5.75 Å². The highest BCUT2D eigenvalue weighted by molar-refractivity contribution is 7.48. The van der Waals surface area contributed by atoms with E-state index in [0.717, 1.165) is 16.7 Å². The zero-order valence-electron chi connectivity index (χ0n) is 25.6. The van der Waals surface area contributed by atoms with Crippen molar-refractivity contribution in [1.29, 1.82) is 0 Å². The van der Waals surface area contributed by atoms with Crippen molar-refractivity contribution in [2.45, 2.75) is 58.7 Å². The molecule has 1 amide bonds. The monoisotopic (exact) mass is 631 g/mol. The smallest absolute Gasteiger partial charge is 0.459 e. The van der Waals surface area contributed by atoms with Gasteiger partial charge in [0.1, 0.15) is 24.0 Å². The second kappa shape index (κ2) is 16.0. The van der Waals surface area contributed by atoms with Gasteiger partial charge in [-0.15, -0.1) is 0 Å². The molecule has 45 heavy (non-hydrogen) atoms. The molecule has 0 aliphatic carbocycles. The lowest BCUT2D eigenvalue weighted by molar-refractivity contribution is -0.147. The van der Waals surface area contributed by atoms with Crippen LogP contribution in [0.4, 0.5) is 4.79 Å². The van der Waals surface area contributed by atoms with Gasteiger partial charge in [-0.1, -0.05) is 103 Å². The van der Waals surface area contributed by atoms with E-state index in [1.807, 2.05) is 91.0 Å². The fourth-order valence-electron chi connectivity index (χ4n) is 4.07. The number of ether oxygens (including phenoxy) is 2. The predicted octanol–water partition coefficient (Wildman–Crippen LogP) is 7.79. The van der Waals surface area contributed by atoms with Crippen LogP contribution in [0.15, 0.2) is 115 Å². The molecule has 0 bridgehead atoms. The minimum Gasteiger partial charge on any atom is -0.459 e. The fourth-order valence-corrected chi connectivity index (χ4v) is 5.24. The Kier molecular flexibility index (Phi) is 11.9. The summed E-state index contributed by atoms with van der Waals surface area (Å²) >= 11 is 0. The van der Waals surface area contributed by atoms with Crippen LogP contribution >= 0.6 is 7.82 Å². The lowest BCUT2D eigenvalue weighted by atomic mass is 10.1. The van der Waals surface area contributed by atoms with Gasteiger partial charge in [0.2, 0.25) is 0 Å². The highest BCUT2D eigenvalue weighted by Crippen LogP contribution is 2.51. The number of benzene rings is 4. The number of rotatable bonds is 14. The highest BCUT2D eigenvalue weighted by Gasteiger charge is 2.30. The molecule has 9 nitrogen and oxygen atoms in total. The third kappa shape index (κ3) is 11.9. The van der Waals surface area contributed by atoms with Gasteiger partial charge >= 0.3 is 19.9 Å². The number of phosphoric ester groups is 1. The number of carbonyl (C=O) groups excluding carboxylic acids is 2. The van der Waals surface area contributed by atoms with Gasteiger partial charge in [-0.3, -0.25) is 9.05 Å². The standard InChI is InChI=1S/C35H38NO8P/c1-35(2,3)43-34(38)36-32(33(37)40-24-28-13-7-4-8-14-28)23-27-19-21-31(22-20-27)44-45(39,41-25-29-15-9-5-10-16-29)42-26-30-17-11-6-12-18-30/h4-22,32H,23-26H2,1-3H3,(H,36,38)/t32-/m0/s1. The second-order valence-electron chi connectivity index (χ2n) is 11.2. The highest BCUT2D eigenvalue weighted by atomic mass is 31.2. The Morgan fingerprint density at radius 3 is 1.60 bits per heavy atom. The van der Waals surface area contributed by atoms with E-state index in [1.54, 1.807) is 45.0 Å². The molecule has 0 aliphatic heterocycles. The molecule has 4 rings (SSSR count). The van der Waals surface area contributed by atoms with E-state index in [0.29, 0.717) is 5.56 Å². The molecule has 0 spiro atoms. The van der Waals surface area contributed by atoms with Crippen molar-refractivity contribution in [3.63, 3.8) is 0 Å². The average molecular weight is 632 g/mol. The molecule has 0 unspecified atom stereocenters. The molecule has 0 heterocycles. The lowest BCUT2D eigenvalue weighted by Crippen LogP contribution is -2.45. The Bertz CT molecular complexity index is 1490. The van der Waals surface area contributed by atoms with Gasteiger partial charge < -0.3 is 19.3 Å². The van der Waals surface area contributed by atoms with E-state index in [2.05, 4.69) is 5.32 Å². The van der Waals surface area contributed by atoms with Crippen molar-refractivity contribution in [1.82, 2.24) is 5.32 Å². The minimum absolute atomic E-state index is 0.0219. The van der Waals surface area contributed by atoms with Crippen molar-refractivity contribution in [2.75, 3.05) is 0 Å². The SMILES string of the molecule is CC(C)(C)OC(=O)N[C@@H](Cc1ccc(OP(=O)(OCc2ccccc2)OCc2ccccc2)cc1)C(=O)OCc1ccccc1. The molecular formula is C35H38NO8P. The molecule has 4 aromatic rings. The maximum Gasteiger partial charge on any atom is 0.530 e. The molecule has 0 radical (unpaired) electrons. The molecule has 1 N–H and O–H groups in total. The van der Waals surface area contributed by atoms with Crippen LogP contribution in [0.3, 0.4) is 0 Å². The Balaban J connectivity index is 1.45. The van der Waals surface area contributed by atoms with Gasteiger partial charge in [0.25, 0.3) is 0 Å². The summed E-state index contributed by atoms with van der Waals surface area (Å²) in [6.45, 7) is 5.31. The van der Waals surface area contributed by atoms with Crippen molar-refractivity contribution >= 4 is 19.9 Å². The first-order chi connectivity index (χ1) is 21.6. The van der Waals surface area contributed by atoms with E-state index in [4.69, 9.17) is 23.0 Å². The van der Waals surface area contributed by atoms with Crippen LogP contribution in [0.1, 0.15) is 43.0 Å². The molecule has 236 valence electrons. The van der Waals surface area contributed by atoms with Crippen LogP contribution in [-0.4, -0.2) is 23.7 Å². The maximum absolute atomic E-state index is 13.7. The first kappa shape index (κ1) is 33.5. The summed E-state index contributed by atoms with van der Waals surface area (Å²) in [5.74, 6) is -0.371. The minimum atomic E-state index is -4.06. The summed E-state index contributed by atoms with van der Waals surface area (Å²) < 4.78 is 41.8. The van der Waals surface area contributed by atoms with Crippen molar-refractivity contribution in [3.05, 3.63) is 138 Å². The first-order valence-electron chi connectivity index (χ1n) is 14.5. The fraction of sp³-hybridized carbons (Fsp3) is 0.257. The molecule has 0 aliphatic rings. The Morgan fingerprint density at radius 2 is 1.13 bits per heavy atom. The molecule has 0 aromatic heterocycles. The molecule has 4 aromatic carbocycles. The number of alkyl carbamates (subject to hydrolysis) is 1. The largest absolute Gasteiger partial charge is 0.530 e. The quantitative estimate of drug-likeness (QED) is 0.111. The van der Waals surface area contributed by atoms with E-state index in [-0.39, 0.29) is 32.0 Å². The summed E-state index contributed by atoms with van der Waals surface area (Å²) in [6.07, 6.45) is -0.629. The average Bonchev–Trinajstić information content (AvgIpc) is 3.03. The van der Waals surface area contributed by atoms with Crippen LogP contribution in [0.25, 0.3) is 0 Å². The predicted molar refractivity (Wildman–Crippen MR) is 170 cm³/mol. The van der Waals surface area contributed by atoms with E-state index in [1.165, 1.54) is 0 Å². The molecular weight excluding hydrogens is 593 g/mol. The maximum atomic E-state index is 13.7. The number of hydrogen-bond acceptors (Lipinski definition) is 8. The lowest BCUT2D eigenvalue weighted by Gasteiger charge is -2.23. The molecule has 1 atom stereocenters. The normalized spacial score (nSPS) is 12.2. The number of phosphoric acid groups is 1. The first-order valence-corrected chi connectivity index (χ1v) is 16.0. The Morgan fingerprint density at radius 1 is 0.667 bits per heavy atom. The Labute approximate surface area is 264 Å². The van der Waals surface area contributed by atoms with Crippen molar-refractivity contribution < 1.29 is 37.2 Å². The third-order valence-electron chi connectivity index (χ3n) is 6.24. The van der Waals surface area contributed by atoms with Crippen LogP contribution in [-0.2, 0) is 54.1 Å². The van der Waals surface area contributed by atoms with E-state index < -0.39 is 31.5 Å². The van der Waals surface area contributed by atoms with Crippen molar-refractivity contribution in [2.24, 2.45) is 0 Å². The van der Waals surface area contributed by atoms with Crippen LogP contribution < -0.4 is 9.84 Å². The number of hydrogen-bond donors (Lipinski definition) is 1. The third-order valence-corrected chi connectivity index (χ3v) is 7.57. The van der Waals surface area contributed by atoms with Gasteiger partial charge in [0, 0.05) is 6.42 Å². The van der Waals surface area contributed by atoms with Gasteiger partial charge in [-0.25, -0.2) is 14.2 Å². The van der Waals surface area contributed by atoms with Crippen LogP contribution in [0.2, 0.25) is 0 Å². The number of esters is 1. The van der Waals surface area contributed by atoms with E-state index in [9.17, 15) is 14.2 Å². The second-order valence-corrected chi connectivity index (χ2v) is 12.8. The zero-order chi connectivity index (χ0) is 32.1. The molecule has 0 saturated heterocycles. The number of carbonyl (C=O) groups is 2. The van der Waals surface area contributed by atoms with E-state index >= 15 is 0 Å². The summed E-state index contributed by atoms with van der Waals surface area (Å²) in [4.78, 5) is 25.6. The molecule has 0 saturated carbocycles. The van der Waals surface area contributed by atoms with Gasteiger partial charge in [-0.2, -0.15) is 0 Å². The number of amides is 1. The van der Waals surface area contributed by atoms with Gasteiger partial charge in [-0.05, 0) is 55.2 Å². The molecule has 0 fully saturated rings. The van der Waals surface area contributed by atoms with Gasteiger partial charge in [0.15, 0.2) is 0 Å². The van der Waals surface area contributed by atoms with Gasteiger partial charge in [0.05, 0.1) is 13.2 Å². The Hall–Kier alpha value is -4.43. The summed E-state index contributed by atoms with van der Waals surface area (Å²) in [5, 5.41) is 2.62. The van der Waals surface area contributed by atoms with Crippen LogP contribution in [0, 0.1) is 0 Å². The number of nitrogens with one attached hydrogen (secondary N) is 1. The molecule has 10 heteroatoms. The summed E-state index contributed by atoms with van der Waals surface area (Å²) in [7, 11) is -4.06.